The normalized spacial score (nSPS) is 17.7. The first-order valence-electron chi connectivity index (χ1n) is 11.0. The highest BCUT2D eigenvalue weighted by Gasteiger charge is 2.31. The maximum absolute atomic E-state index is 13.1. The van der Waals surface area contributed by atoms with Crippen molar-refractivity contribution >= 4 is 17.6 Å². The Morgan fingerprint density at radius 3 is 2.10 bits per heavy atom. The molecular formula is C24H27N5O2. The summed E-state index contributed by atoms with van der Waals surface area (Å²) in [5.74, 6) is 0.906. The van der Waals surface area contributed by atoms with Gasteiger partial charge in [0.1, 0.15) is 0 Å². The molecule has 160 valence electrons. The van der Waals surface area contributed by atoms with Crippen LogP contribution < -0.4 is 9.80 Å². The lowest BCUT2D eigenvalue weighted by Gasteiger charge is -2.39. The molecule has 0 aliphatic carbocycles. The van der Waals surface area contributed by atoms with Crippen LogP contribution in [0.15, 0.2) is 65.1 Å². The van der Waals surface area contributed by atoms with Crippen LogP contribution in [0.4, 0.5) is 11.7 Å². The molecule has 0 unspecified atom stereocenters. The lowest BCUT2D eigenvalue weighted by atomic mass is 9.95. The van der Waals surface area contributed by atoms with E-state index in [4.69, 9.17) is 4.42 Å². The first-order chi connectivity index (χ1) is 15.3. The van der Waals surface area contributed by atoms with Gasteiger partial charge in [0.25, 0.3) is 0 Å². The molecule has 2 aliphatic heterocycles. The summed E-state index contributed by atoms with van der Waals surface area (Å²) >= 11 is 0. The number of anilines is 2. The second kappa shape index (κ2) is 8.79. The minimum atomic E-state index is 0.0797. The number of piperidine rings is 1. The molecule has 1 amide bonds. The maximum atomic E-state index is 13.1. The Kier molecular flexibility index (Phi) is 5.56. The van der Waals surface area contributed by atoms with Gasteiger partial charge in [0.2, 0.25) is 11.8 Å². The molecule has 0 bridgehead atoms. The number of rotatable bonds is 4. The second-order valence-corrected chi connectivity index (χ2v) is 8.17. The predicted octanol–water partition coefficient (Wildman–Crippen LogP) is 3.30. The minimum Gasteiger partial charge on any atom is -0.403 e. The summed E-state index contributed by atoms with van der Waals surface area (Å²) in [6, 6.07) is 20.8. The van der Waals surface area contributed by atoms with Gasteiger partial charge in [0, 0.05) is 56.4 Å². The van der Waals surface area contributed by atoms with Gasteiger partial charge in [-0.3, -0.25) is 4.79 Å². The zero-order valence-electron chi connectivity index (χ0n) is 17.6. The molecule has 2 fully saturated rings. The predicted molar refractivity (Wildman–Crippen MR) is 120 cm³/mol. The molecule has 1 aromatic heterocycles. The highest BCUT2D eigenvalue weighted by atomic mass is 16.4. The summed E-state index contributed by atoms with van der Waals surface area (Å²) in [5, 5.41) is 8.40. The third-order valence-electron chi connectivity index (χ3n) is 6.26. The topological polar surface area (TPSA) is 65.7 Å². The standard InChI is InChI=1S/C24H27N5O2/c30-23(28-17-15-27(16-18-28)21-9-5-2-6-10-21)20-11-13-29(14-12-20)24-26-25-22(31-24)19-7-3-1-4-8-19/h1-10,20H,11-18H2. The highest BCUT2D eigenvalue weighted by Crippen LogP contribution is 2.27. The zero-order valence-corrected chi connectivity index (χ0v) is 17.6. The van der Waals surface area contributed by atoms with Crippen molar-refractivity contribution in [2.24, 2.45) is 5.92 Å². The maximum Gasteiger partial charge on any atom is 0.318 e. The molecule has 3 aromatic rings. The van der Waals surface area contributed by atoms with Crippen molar-refractivity contribution in [1.29, 1.82) is 0 Å². The van der Waals surface area contributed by atoms with Crippen LogP contribution in [0.1, 0.15) is 12.8 Å². The van der Waals surface area contributed by atoms with Crippen LogP contribution in [0.5, 0.6) is 0 Å². The number of nitrogens with zero attached hydrogens (tertiary/aromatic N) is 5. The number of hydrogen-bond acceptors (Lipinski definition) is 6. The van der Waals surface area contributed by atoms with E-state index in [1.54, 1.807) is 0 Å². The summed E-state index contributed by atoms with van der Waals surface area (Å²) < 4.78 is 5.88. The average molecular weight is 418 g/mol. The summed E-state index contributed by atoms with van der Waals surface area (Å²) in [6.07, 6.45) is 1.64. The third kappa shape index (κ3) is 4.26. The van der Waals surface area contributed by atoms with Crippen molar-refractivity contribution in [3.63, 3.8) is 0 Å². The molecule has 31 heavy (non-hydrogen) atoms. The van der Waals surface area contributed by atoms with Gasteiger partial charge in [-0.15, -0.1) is 5.10 Å². The Morgan fingerprint density at radius 1 is 0.774 bits per heavy atom. The average Bonchev–Trinajstić information content (AvgIpc) is 3.35. The lowest BCUT2D eigenvalue weighted by Crippen LogP contribution is -2.51. The number of carbonyl (C=O) groups is 1. The summed E-state index contributed by atoms with van der Waals surface area (Å²) in [7, 11) is 0. The van der Waals surface area contributed by atoms with E-state index in [-0.39, 0.29) is 5.92 Å². The first kappa shape index (κ1) is 19.6. The molecule has 0 N–H and O–H groups in total. The van der Waals surface area contributed by atoms with E-state index < -0.39 is 0 Å². The summed E-state index contributed by atoms with van der Waals surface area (Å²) in [5.41, 5.74) is 2.15. The first-order valence-corrected chi connectivity index (χ1v) is 11.0. The molecule has 5 rings (SSSR count). The SMILES string of the molecule is O=C(C1CCN(c2nnc(-c3ccccc3)o2)CC1)N1CCN(c2ccccc2)CC1. The van der Waals surface area contributed by atoms with Gasteiger partial charge in [-0.05, 0) is 37.1 Å². The van der Waals surface area contributed by atoms with Gasteiger partial charge < -0.3 is 19.1 Å². The number of amides is 1. The largest absolute Gasteiger partial charge is 0.403 e. The third-order valence-corrected chi connectivity index (χ3v) is 6.26. The molecule has 2 aromatic carbocycles. The van der Waals surface area contributed by atoms with E-state index in [9.17, 15) is 4.79 Å². The highest BCUT2D eigenvalue weighted by molar-refractivity contribution is 5.79. The Balaban J connectivity index is 1.13. The molecule has 2 aliphatic rings. The Labute approximate surface area is 182 Å². The van der Waals surface area contributed by atoms with Gasteiger partial charge in [0.15, 0.2) is 0 Å². The van der Waals surface area contributed by atoms with E-state index >= 15 is 0 Å². The summed E-state index contributed by atoms with van der Waals surface area (Å²) in [4.78, 5) is 19.6. The van der Waals surface area contributed by atoms with Crippen molar-refractivity contribution in [1.82, 2.24) is 15.1 Å². The van der Waals surface area contributed by atoms with Crippen molar-refractivity contribution in [2.75, 3.05) is 49.1 Å². The van der Waals surface area contributed by atoms with Crippen LogP contribution in [0, 0.1) is 5.92 Å². The van der Waals surface area contributed by atoms with Crippen LogP contribution in [-0.4, -0.2) is 60.3 Å². The Hall–Kier alpha value is -3.35. The van der Waals surface area contributed by atoms with Crippen LogP contribution >= 0.6 is 0 Å². The fourth-order valence-corrected chi connectivity index (χ4v) is 4.44. The van der Waals surface area contributed by atoms with E-state index in [0.29, 0.717) is 17.8 Å². The van der Waals surface area contributed by atoms with Crippen LogP contribution in [0.25, 0.3) is 11.5 Å². The monoisotopic (exact) mass is 417 g/mol. The Morgan fingerprint density at radius 2 is 1.42 bits per heavy atom. The number of carbonyl (C=O) groups excluding carboxylic acids is 1. The number of para-hydroxylation sites is 1. The van der Waals surface area contributed by atoms with Crippen LogP contribution in [0.3, 0.4) is 0 Å². The molecule has 7 heteroatoms. The number of aromatic nitrogens is 2. The van der Waals surface area contributed by atoms with E-state index in [0.717, 1.165) is 57.7 Å². The fraction of sp³-hybridized carbons (Fsp3) is 0.375. The lowest BCUT2D eigenvalue weighted by molar-refractivity contribution is -0.136. The molecule has 0 spiro atoms. The van der Waals surface area contributed by atoms with Gasteiger partial charge in [-0.1, -0.05) is 41.5 Å². The minimum absolute atomic E-state index is 0.0797. The molecule has 3 heterocycles. The molecule has 0 radical (unpaired) electrons. The van der Waals surface area contributed by atoms with Crippen LogP contribution in [-0.2, 0) is 4.79 Å². The molecule has 7 nitrogen and oxygen atoms in total. The Bertz CT molecular complexity index is 991. The van der Waals surface area contributed by atoms with Crippen molar-refractivity contribution in [3.8, 4) is 11.5 Å². The molecule has 0 atom stereocenters. The fourth-order valence-electron chi connectivity index (χ4n) is 4.44. The molecule has 0 saturated carbocycles. The zero-order chi connectivity index (χ0) is 21.0. The van der Waals surface area contributed by atoms with Gasteiger partial charge in [-0.2, -0.15) is 0 Å². The number of piperazine rings is 1. The molecule has 2 saturated heterocycles. The quantitative estimate of drug-likeness (QED) is 0.649. The van der Waals surface area contributed by atoms with Gasteiger partial charge in [0.05, 0.1) is 0 Å². The second-order valence-electron chi connectivity index (χ2n) is 8.17. The smallest absolute Gasteiger partial charge is 0.318 e. The number of hydrogen-bond donors (Lipinski definition) is 0. The van der Waals surface area contributed by atoms with Crippen molar-refractivity contribution in [3.05, 3.63) is 60.7 Å². The van der Waals surface area contributed by atoms with Crippen LogP contribution in [0.2, 0.25) is 0 Å². The number of benzene rings is 2. The van der Waals surface area contributed by atoms with E-state index in [2.05, 4.69) is 44.3 Å². The van der Waals surface area contributed by atoms with Gasteiger partial charge >= 0.3 is 6.01 Å². The molecular weight excluding hydrogens is 390 g/mol. The van der Waals surface area contributed by atoms with E-state index in [1.165, 1.54) is 5.69 Å². The van der Waals surface area contributed by atoms with Crippen molar-refractivity contribution in [2.45, 2.75) is 12.8 Å². The summed E-state index contributed by atoms with van der Waals surface area (Å²) in [6.45, 7) is 4.88. The van der Waals surface area contributed by atoms with E-state index in [1.807, 2.05) is 41.3 Å². The van der Waals surface area contributed by atoms with Crippen molar-refractivity contribution < 1.29 is 9.21 Å². The van der Waals surface area contributed by atoms with Gasteiger partial charge in [-0.25, -0.2) is 0 Å².